The molecule has 3 aromatic rings. The van der Waals surface area contributed by atoms with Gasteiger partial charge >= 0.3 is 0 Å². The number of hydrogen-bond acceptors (Lipinski definition) is 5. The summed E-state index contributed by atoms with van der Waals surface area (Å²) in [6, 6.07) is 6.16. The molecule has 0 aromatic carbocycles. The van der Waals surface area contributed by atoms with Crippen LogP contribution in [0.15, 0.2) is 40.5 Å². The number of hydrogen-bond donors (Lipinski definition) is 0. The lowest BCUT2D eigenvalue weighted by molar-refractivity contribution is 0.332. The number of furan rings is 1. The summed E-state index contributed by atoms with van der Waals surface area (Å²) in [5.41, 5.74) is 2.31. The van der Waals surface area contributed by atoms with Crippen LogP contribution in [0.2, 0.25) is 0 Å². The van der Waals surface area contributed by atoms with Gasteiger partial charge in [0.15, 0.2) is 0 Å². The van der Waals surface area contributed by atoms with Gasteiger partial charge in [-0.25, -0.2) is 4.68 Å². The average Bonchev–Trinajstić information content (AvgIpc) is 3.33. The van der Waals surface area contributed by atoms with E-state index in [1.54, 1.807) is 17.6 Å². The number of nitrogens with zero attached hydrogens (tertiary/aromatic N) is 4. The Balaban J connectivity index is 1.49. The highest BCUT2D eigenvalue weighted by Crippen LogP contribution is 2.28. The smallest absolute Gasteiger partial charge is 0.128 e. The molecule has 1 aliphatic rings. The molecule has 1 fully saturated rings. The van der Waals surface area contributed by atoms with Crippen LogP contribution >= 0.6 is 11.3 Å². The van der Waals surface area contributed by atoms with E-state index in [2.05, 4.69) is 33.6 Å². The second-order valence-electron chi connectivity index (χ2n) is 6.08. The van der Waals surface area contributed by atoms with Crippen LogP contribution in [0.25, 0.3) is 10.6 Å². The Labute approximate surface area is 139 Å². The zero-order valence-corrected chi connectivity index (χ0v) is 14.0. The maximum atomic E-state index is 5.45. The summed E-state index contributed by atoms with van der Waals surface area (Å²) >= 11 is 1.74. The summed E-state index contributed by atoms with van der Waals surface area (Å²) in [7, 11) is 0. The predicted octanol–water partition coefficient (Wildman–Crippen LogP) is 3.80. The molecule has 1 atom stereocenters. The van der Waals surface area contributed by atoms with Crippen LogP contribution < -0.4 is 0 Å². The van der Waals surface area contributed by atoms with Crippen molar-refractivity contribution in [2.75, 3.05) is 13.1 Å². The minimum absolute atomic E-state index is 0.0512. The molecule has 1 aliphatic heterocycles. The van der Waals surface area contributed by atoms with E-state index in [9.17, 15) is 0 Å². The van der Waals surface area contributed by atoms with Crippen molar-refractivity contribution in [2.24, 2.45) is 0 Å². The van der Waals surface area contributed by atoms with Gasteiger partial charge in [0.25, 0.3) is 0 Å². The van der Waals surface area contributed by atoms with Gasteiger partial charge in [0.1, 0.15) is 17.5 Å². The monoisotopic (exact) mass is 328 g/mol. The third-order valence-corrected chi connectivity index (χ3v) is 5.37. The summed E-state index contributed by atoms with van der Waals surface area (Å²) in [4.78, 5) is 3.69. The van der Waals surface area contributed by atoms with E-state index in [0.717, 1.165) is 18.0 Å². The van der Waals surface area contributed by atoms with Crippen LogP contribution in [-0.4, -0.2) is 33.0 Å². The second-order valence-corrected chi connectivity index (χ2v) is 6.99. The molecule has 3 aromatic heterocycles. The maximum Gasteiger partial charge on any atom is 0.128 e. The third-order valence-electron chi connectivity index (χ3n) is 4.37. The van der Waals surface area contributed by atoms with Crippen molar-refractivity contribution < 1.29 is 4.42 Å². The standard InChI is InChI=1S/C17H20N4OS/c1-13(16-5-4-8-22-16)21-11-15(18-19-21)17-9-14(12-23-17)10-20-6-2-3-7-20/h4-5,8-9,11-13H,2-3,6-7,10H2,1H3/t13-/m1/s1. The van der Waals surface area contributed by atoms with Crippen molar-refractivity contribution in [1.29, 1.82) is 0 Å². The van der Waals surface area contributed by atoms with Crippen molar-refractivity contribution >= 4 is 11.3 Å². The minimum atomic E-state index is 0.0512. The topological polar surface area (TPSA) is 47.1 Å². The number of likely N-dealkylation sites (tertiary alicyclic amines) is 1. The highest BCUT2D eigenvalue weighted by atomic mass is 32.1. The van der Waals surface area contributed by atoms with E-state index in [1.165, 1.54) is 36.4 Å². The van der Waals surface area contributed by atoms with Gasteiger partial charge in [-0.1, -0.05) is 5.21 Å². The van der Waals surface area contributed by atoms with Gasteiger partial charge in [-0.05, 0) is 62.0 Å². The van der Waals surface area contributed by atoms with Gasteiger partial charge in [0.2, 0.25) is 0 Å². The van der Waals surface area contributed by atoms with Crippen LogP contribution in [0.3, 0.4) is 0 Å². The van der Waals surface area contributed by atoms with Crippen molar-refractivity contribution in [1.82, 2.24) is 19.9 Å². The van der Waals surface area contributed by atoms with Gasteiger partial charge in [-0.3, -0.25) is 4.90 Å². The molecule has 120 valence electrons. The Morgan fingerprint density at radius 1 is 1.35 bits per heavy atom. The number of rotatable bonds is 5. The van der Waals surface area contributed by atoms with E-state index in [1.807, 2.05) is 23.0 Å². The first-order valence-electron chi connectivity index (χ1n) is 8.05. The lowest BCUT2D eigenvalue weighted by atomic mass is 10.2. The van der Waals surface area contributed by atoms with Crippen LogP contribution in [0.4, 0.5) is 0 Å². The summed E-state index contributed by atoms with van der Waals surface area (Å²) < 4.78 is 7.31. The Morgan fingerprint density at radius 2 is 2.22 bits per heavy atom. The quantitative estimate of drug-likeness (QED) is 0.714. The van der Waals surface area contributed by atoms with Crippen LogP contribution in [0, 0.1) is 0 Å². The number of aromatic nitrogens is 3. The van der Waals surface area contributed by atoms with Gasteiger partial charge in [0, 0.05) is 6.54 Å². The van der Waals surface area contributed by atoms with Crippen LogP contribution in [0.5, 0.6) is 0 Å². The molecule has 0 radical (unpaired) electrons. The van der Waals surface area contributed by atoms with E-state index in [4.69, 9.17) is 4.42 Å². The molecule has 0 bridgehead atoms. The Kier molecular flexibility index (Phi) is 4.01. The average molecular weight is 328 g/mol. The van der Waals surface area contributed by atoms with Crippen molar-refractivity contribution in [3.05, 3.63) is 47.4 Å². The molecule has 0 saturated carbocycles. The molecule has 0 aliphatic carbocycles. The Hall–Kier alpha value is -1.92. The largest absolute Gasteiger partial charge is 0.467 e. The SMILES string of the molecule is C[C@H](c1ccco1)n1cc(-c2cc(CN3CCCC3)cs2)nn1. The fraction of sp³-hybridized carbons (Fsp3) is 0.412. The van der Waals surface area contributed by atoms with Gasteiger partial charge in [-0.2, -0.15) is 0 Å². The summed E-state index contributed by atoms with van der Waals surface area (Å²) in [6.45, 7) is 5.56. The Bertz CT molecular complexity index is 755. The minimum Gasteiger partial charge on any atom is -0.467 e. The summed E-state index contributed by atoms with van der Waals surface area (Å²) in [5, 5.41) is 10.8. The molecule has 0 spiro atoms. The third kappa shape index (κ3) is 3.09. The van der Waals surface area contributed by atoms with Gasteiger partial charge < -0.3 is 4.42 Å². The summed E-state index contributed by atoms with van der Waals surface area (Å²) in [6.07, 6.45) is 6.35. The normalized spacial score (nSPS) is 16.9. The first-order valence-corrected chi connectivity index (χ1v) is 8.93. The summed E-state index contributed by atoms with van der Waals surface area (Å²) in [5.74, 6) is 0.891. The molecule has 4 heterocycles. The second kappa shape index (κ2) is 6.29. The molecule has 23 heavy (non-hydrogen) atoms. The highest BCUT2D eigenvalue weighted by Gasteiger charge is 2.16. The molecule has 4 rings (SSSR count). The molecule has 0 unspecified atom stereocenters. The highest BCUT2D eigenvalue weighted by molar-refractivity contribution is 7.13. The molecule has 1 saturated heterocycles. The van der Waals surface area contributed by atoms with E-state index >= 15 is 0 Å². The van der Waals surface area contributed by atoms with E-state index < -0.39 is 0 Å². The molecule has 5 nitrogen and oxygen atoms in total. The maximum absolute atomic E-state index is 5.45. The van der Waals surface area contributed by atoms with Crippen molar-refractivity contribution in [3.8, 4) is 10.6 Å². The molecule has 0 amide bonds. The van der Waals surface area contributed by atoms with Gasteiger partial charge in [0.05, 0.1) is 17.3 Å². The lowest BCUT2D eigenvalue weighted by Crippen LogP contribution is -2.17. The van der Waals surface area contributed by atoms with Crippen LogP contribution in [0.1, 0.15) is 37.1 Å². The zero-order chi connectivity index (χ0) is 15.6. The molecular weight excluding hydrogens is 308 g/mol. The Morgan fingerprint density at radius 3 is 3.00 bits per heavy atom. The van der Waals surface area contributed by atoms with E-state index in [0.29, 0.717) is 0 Å². The van der Waals surface area contributed by atoms with Crippen molar-refractivity contribution in [3.63, 3.8) is 0 Å². The number of thiophene rings is 1. The van der Waals surface area contributed by atoms with Crippen LogP contribution in [-0.2, 0) is 6.54 Å². The first-order chi connectivity index (χ1) is 11.3. The fourth-order valence-electron chi connectivity index (χ4n) is 3.03. The van der Waals surface area contributed by atoms with Crippen molar-refractivity contribution in [2.45, 2.75) is 32.4 Å². The lowest BCUT2D eigenvalue weighted by Gasteiger charge is -2.12. The zero-order valence-electron chi connectivity index (χ0n) is 13.2. The van der Waals surface area contributed by atoms with Gasteiger partial charge in [-0.15, -0.1) is 16.4 Å². The first kappa shape index (κ1) is 14.7. The fourth-order valence-corrected chi connectivity index (χ4v) is 3.88. The molecule has 6 heteroatoms. The molecular formula is C17H20N4OS. The predicted molar refractivity (Wildman–Crippen MR) is 90.4 cm³/mol. The van der Waals surface area contributed by atoms with E-state index in [-0.39, 0.29) is 6.04 Å². The molecule has 0 N–H and O–H groups in total.